The largest absolute Gasteiger partial charge is 0.381 e. The number of ether oxygens (including phenoxy) is 1. The fraction of sp³-hybridized carbons (Fsp3) is 0.538. The van der Waals surface area contributed by atoms with Gasteiger partial charge >= 0.3 is 0 Å². The van der Waals surface area contributed by atoms with Crippen LogP contribution in [0.5, 0.6) is 0 Å². The Morgan fingerprint density at radius 3 is 2.82 bits per heavy atom. The topological polar surface area (TPSA) is 35.2 Å². The minimum atomic E-state index is -0.236. The molecule has 17 heavy (non-hydrogen) atoms. The third-order valence-corrected chi connectivity index (χ3v) is 3.22. The van der Waals surface area contributed by atoms with Crippen LogP contribution in [0.4, 0.5) is 4.39 Å². The van der Waals surface area contributed by atoms with E-state index in [1.807, 2.05) is 0 Å². The van der Waals surface area contributed by atoms with Gasteiger partial charge in [-0.3, -0.25) is 0 Å². The van der Waals surface area contributed by atoms with Crippen molar-refractivity contribution in [2.45, 2.75) is 32.2 Å². The maximum Gasteiger partial charge on any atom is 0.124 e. The molecule has 0 aliphatic carbocycles. The lowest BCUT2D eigenvalue weighted by molar-refractivity contribution is 0.127. The molecule has 0 amide bonds. The summed E-state index contributed by atoms with van der Waals surface area (Å²) in [6, 6.07) is 4.75. The lowest BCUT2D eigenvalue weighted by Crippen LogP contribution is -2.25. The first-order valence-corrected chi connectivity index (χ1v) is 6.70. The molecule has 0 heterocycles. The molecule has 1 aromatic carbocycles. The normalized spacial score (nSPS) is 12.7. The summed E-state index contributed by atoms with van der Waals surface area (Å²) < 4.78 is 19.1. The standard InChI is InChI=1S/C13H19BrFNO/c1-2-6-17-7-5-12(16)8-10-3-4-11(15)9-13(10)14/h3-4,9,12H,2,5-8,16H2,1H3. The lowest BCUT2D eigenvalue weighted by Gasteiger charge is -2.13. The molecule has 0 radical (unpaired) electrons. The molecule has 0 aliphatic heterocycles. The van der Waals surface area contributed by atoms with Gasteiger partial charge in [0.2, 0.25) is 0 Å². The van der Waals surface area contributed by atoms with Crippen LogP contribution in [0.15, 0.2) is 22.7 Å². The number of rotatable bonds is 7. The summed E-state index contributed by atoms with van der Waals surface area (Å²) in [4.78, 5) is 0. The van der Waals surface area contributed by atoms with E-state index in [1.54, 1.807) is 6.07 Å². The van der Waals surface area contributed by atoms with E-state index in [4.69, 9.17) is 10.5 Å². The summed E-state index contributed by atoms with van der Waals surface area (Å²) in [5.41, 5.74) is 7.04. The predicted molar refractivity (Wildman–Crippen MR) is 71.5 cm³/mol. The van der Waals surface area contributed by atoms with Crippen molar-refractivity contribution < 1.29 is 9.13 Å². The van der Waals surface area contributed by atoms with E-state index in [1.165, 1.54) is 12.1 Å². The van der Waals surface area contributed by atoms with Gasteiger partial charge in [-0.2, -0.15) is 0 Å². The van der Waals surface area contributed by atoms with Crippen LogP contribution < -0.4 is 5.73 Å². The lowest BCUT2D eigenvalue weighted by atomic mass is 10.0. The molecular weight excluding hydrogens is 285 g/mol. The molecule has 96 valence electrons. The van der Waals surface area contributed by atoms with Gasteiger partial charge in [-0.1, -0.05) is 28.9 Å². The second kappa shape index (κ2) is 7.80. The minimum Gasteiger partial charge on any atom is -0.381 e. The Morgan fingerprint density at radius 1 is 1.41 bits per heavy atom. The molecule has 0 aliphatic rings. The highest BCUT2D eigenvalue weighted by molar-refractivity contribution is 9.10. The van der Waals surface area contributed by atoms with Gasteiger partial charge in [0, 0.05) is 23.7 Å². The quantitative estimate of drug-likeness (QED) is 0.785. The maximum atomic E-state index is 12.9. The Morgan fingerprint density at radius 2 is 2.18 bits per heavy atom. The van der Waals surface area contributed by atoms with Crippen molar-refractivity contribution in [2.24, 2.45) is 5.73 Å². The molecule has 0 aromatic heterocycles. The Balaban J connectivity index is 2.37. The molecule has 4 heteroatoms. The van der Waals surface area contributed by atoms with Crippen molar-refractivity contribution in [2.75, 3.05) is 13.2 Å². The van der Waals surface area contributed by atoms with Gasteiger partial charge in [0.15, 0.2) is 0 Å². The van der Waals surface area contributed by atoms with Crippen molar-refractivity contribution in [3.8, 4) is 0 Å². The molecule has 0 spiro atoms. The van der Waals surface area contributed by atoms with Crippen molar-refractivity contribution in [3.63, 3.8) is 0 Å². The fourth-order valence-electron chi connectivity index (χ4n) is 1.55. The minimum absolute atomic E-state index is 0.0496. The van der Waals surface area contributed by atoms with E-state index in [2.05, 4.69) is 22.9 Å². The molecule has 1 unspecified atom stereocenters. The molecule has 2 N–H and O–H groups in total. The van der Waals surface area contributed by atoms with Crippen LogP contribution in [-0.4, -0.2) is 19.3 Å². The smallest absolute Gasteiger partial charge is 0.124 e. The van der Waals surface area contributed by atoms with Crippen molar-refractivity contribution in [1.29, 1.82) is 0 Å². The van der Waals surface area contributed by atoms with Gasteiger partial charge in [0.05, 0.1) is 0 Å². The predicted octanol–water partition coefficient (Wildman–Crippen LogP) is 3.27. The van der Waals surface area contributed by atoms with E-state index in [0.717, 1.165) is 35.9 Å². The first-order valence-electron chi connectivity index (χ1n) is 5.90. The summed E-state index contributed by atoms with van der Waals surface area (Å²) in [5.74, 6) is -0.236. The first-order chi connectivity index (χ1) is 8.13. The number of benzene rings is 1. The summed E-state index contributed by atoms with van der Waals surface area (Å²) in [6.45, 7) is 3.55. The van der Waals surface area contributed by atoms with Crippen LogP contribution in [0.3, 0.4) is 0 Å². The summed E-state index contributed by atoms with van der Waals surface area (Å²) in [6.07, 6.45) is 2.58. The Kier molecular flexibility index (Phi) is 6.70. The van der Waals surface area contributed by atoms with Crippen LogP contribution in [0, 0.1) is 5.82 Å². The van der Waals surface area contributed by atoms with E-state index in [0.29, 0.717) is 6.61 Å². The van der Waals surface area contributed by atoms with E-state index in [-0.39, 0.29) is 11.9 Å². The summed E-state index contributed by atoms with van der Waals surface area (Å²) >= 11 is 3.34. The van der Waals surface area contributed by atoms with Gasteiger partial charge in [-0.25, -0.2) is 4.39 Å². The molecule has 1 atom stereocenters. The zero-order valence-electron chi connectivity index (χ0n) is 10.1. The average Bonchev–Trinajstić information content (AvgIpc) is 2.28. The number of halogens is 2. The van der Waals surface area contributed by atoms with Crippen LogP contribution in [0.25, 0.3) is 0 Å². The van der Waals surface area contributed by atoms with Gasteiger partial charge in [0.1, 0.15) is 5.82 Å². The first kappa shape index (κ1) is 14.6. The summed E-state index contributed by atoms with van der Waals surface area (Å²) in [5, 5.41) is 0. The zero-order valence-corrected chi connectivity index (χ0v) is 11.7. The average molecular weight is 304 g/mol. The fourth-order valence-corrected chi connectivity index (χ4v) is 2.07. The number of hydrogen-bond donors (Lipinski definition) is 1. The Hall–Kier alpha value is -0.450. The summed E-state index contributed by atoms with van der Waals surface area (Å²) in [7, 11) is 0. The monoisotopic (exact) mass is 303 g/mol. The molecule has 1 rings (SSSR count). The SMILES string of the molecule is CCCOCCC(N)Cc1ccc(F)cc1Br. The Bertz CT molecular complexity index is 346. The molecule has 0 bridgehead atoms. The maximum absolute atomic E-state index is 12.9. The Labute approximate surface area is 110 Å². The molecule has 0 fully saturated rings. The van der Waals surface area contributed by atoms with Crippen molar-refractivity contribution in [3.05, 3.63) is 34.1 Å². The van der Waals surface area contributed by atoms with Crippen molar-refractivity contribution in [1.82, 2.24) is 0 Å². The van der Waals surface area contributed by atoms with Crippen LogP contribution in [0.2, 0.25) is 0 Å². The second-order valence-electron chi connectivity index (χ2n) is 4.10. The zero-order chi connectivity index (χ0) is 12.7. The van der Waals surface area contributed by atoms with Crippen LogP contribution >= 0.6 is 15.9 Å². The molecule has 0 saturated heterocycles. The van der Waals surface area contributed by atoms with Gasteiger partial charge < -0.3 is 10.5 Å². The van der Waals surface area contributed by atoms with Gasteiger partial charge in [-0.15, -0.1) is 0 Å². The number of nitrogens with two attached hydrogens (primary N) is 1. The number of hydrogen-bond acceptors (Lipinski definition) is 2. The highest BCUT2D eigenvalue weighted by Crippen LogP contribution is 2.19. The molecule has 0 saturated carbocycles. The molecule has 2 nitrogen and oxygen atoms in total. The van der Waals surface area contributed by atoms with Crippen molar-refractivity contribution >= 4 is 15.9 Å². The third kappa shape index (κ3) is 5.61. The van der Waals surface area contributed by atoms with E-state index in [9.17, 15) is 4.39 Å². The van der Waals surface area contributed by atoms with Crippen LogP contribution in [0.1, 0.15) is 25.3 Å². The highest BCUT2D eigenvalue weighted by Gasteiger charge is 2.07. The third-order valence-electron chi connectivity index (χ3n) is 2.48. The van der Waals surface area contributed by atoms with Gasteiger partial charge in [-0.05, 0) is 37.0 Å². The molecular formula is C13H19BrFNO. The second-order valence-corrected chi connectivity index (χ2v) is 4.96. The molecule has 1 aromatic rings. The van der Waals surface area contributed by atoms with Crippen LogP contribution in [-0.2, 0) is 11.2 Å². The van der Waals surface area contributed by atoms with Gasteiger partial charge in [0.25, 0.3) is 0 Å². The highest BCUT2D eigenvalue weighted by atomic mass is 79.9. The van der Waals surface area contributed by atoms with E-state index < -0.39 is 0 Å². The van der Waals surface area contributed by atoms with E-state index >= 15 is 0 Å².